The van der Waals surface area contributed by atoms with Gasteiger partial charge in [-0.25, -0.2) is 4.79 Å². The number of hydrogen-bond donors (Lipinski definition) is 11. The molecule has 0 aliphatic carbocycles. The number of H-pyrrole nitrogens is 4. The SMILES string of the molecule is CC(N)=CC(=S)CNCc1ccc2[nH]c(CO)cc2c1.CCOC(=O)c1cc2cc(C#N)ccc2[nH]1.NCc1ccc2[nH]c(CO)cc2c1.[C-]#[N+]c1cc2cc(CNCC(=S)C=C(C)N)ccc2[nH]1. The molecule has 17 heteroatoms. The number of ether oxygens (including phenoxy) is 1. The van der Waals surface area contributed by atoms with Gasteiger partial charge in [0.25, 0.3) is 0 Å². The second-order valence-electron chi connectivity index (χ2n) is 15.9. The number of aromatic amines is 4. The van der Waals surface area contributed by atoms with Crippen LogP contribution in [0.1, 0.15) is 64.9 Å². The first-order chi connectivity index (χ1) is 33.2. The average Bonchev–Trinajstić information content (AvgIpc) is 4.15. The van der Waals surface area contributed by atoms with Crippen molar-refractivity contribution in [3.8, 4) is 6.07 Å². The fourth-order valence-electron chi connectivity index (χ4n) is 7.02. The van der Waals surface area contributed by atoms with Crippen molar-refractivity contribution in [3.05, 3.63) is 171 Å². The molecule has 8 rings (SSSR count). The number of esters is 1. The minimum atomic E-state index is -0.378. The average molecular weight is 964 g/mol. The van der Waals surface area contributed by atoms with E-state index in [0.717, 1.165) is 100 Å². The summed E-state index contributed by atoms with van der Waals surface area (Å²) in [5.41, 5.74) is 28.1. The molecular formula is C52H57N11O4S2. The molecule has 15 nitrogen and oxygen atoms in total. The molecule has 0 fully saturated rings. The molecule has 0 bridgehead atoms. The lowest BCUT2D eigenvalue weighted by atomic mass is 10.1. The predicted octanol–water partition coefficient (Wildman–Crippen LogP) is 8.36. The number of aliphatic hydroxyl groups is 2. The van der Waals surface area contributed by atoms with Gasteiger partial charge >= 0.3 is 5.97 Å². The number of thiocarbonyl (C=S) groups is 2. The maximum atomic E-state index is 11.5. The molecule has 14 N–H and O–H groups in total. The van der Waals surface area contributed by atoms with E-state index < -0.39 is 0 Å². The van der Waals surface area contributed by atoms with Gasteiger partial charge in [-0.3, -0.25) is 0 Å². The highest BCUT2D eigenvalue weighted by Crippen LogP contribution is 2.23. The Labute approximate surface area is 411 Å². The van der Waals surface area contributed by atoms with Crippen LogP contribution in [0.2, 0.25) is 0 Å². The number of fused-ring (bicyclic) bond motifs is 4. The number of aromatic nitrogens is 4. The quantitative estimate of drug-likeness (QED) is 0.0201. The van der Waals surface area contributed by atoms with Gasteiger partial charge in [-0.15, -0.1) is 0 Å². The molecule has 0 saturated carbocycles. The number of nitriles is 1. The highest BCUT2D eigenvalue weighted by Gasteiger charge is 2.10. The van der Waals surface area contributed by atoms with Gasteiger partial charge < -0.3 is 67.6 Å². The van der Waals surface area contributed by atoms with Gasteiger partial charge in [-0.05, 0) is 128 Å². The van der Waals surface area contributed by atoms with Crippen LogP contribution in [-0.4, -0.2) is 65.5 Å². The summed E-state index contributed by atoms with van der Waals surface area (Å²) in [6, 6.07) is 33.0. The molecule has 8 aromatic rings. The molecule has 69 heavy (non-hydrogen) atoms. The summed E-state index contributed by atoms with van der Waals surface area (Å²) >= 11 is 10.4. The summed E-state index contributed by atoms with van der Waals surface area (Å²) in [5, 5.41) is 37.4. The predicted molar refractivity (Wildman–Crippen MR) is 284 cm³/mol. The van der Waals surface area contributed by atoms with E-state index in [2.05, 4.69) is 59.7 Å². The number of nitrogens with two attached hydrogens (primary N) is 3. The molecule has 356 valence electrons. The number of aliphatic hydroxyl groups excluding tert-OH is 2. The Morgan fingerprint density at radius 3 is 1.65 bits per heavy atom. The number of benzene rings is 4. The molecule has 0 aliphatic heterocycles. The minimum Gasteiger partial charge on any atom is -0.461 e. The van der Waals surface area contributed by atoms with Crippen LogP contribution < -0.4 is 27.8 Å². The van der Waals surface area contributed by atoms with Crippen molar-refractivity contribution in [2.24, 2.45) is 17.2 Å². The third kappa shape index (κ3) is 16.1. The minimum absolute atomic E-state index is 0.0291. The smallest absolute Gasteiger partial charge is 0.354 e. The van der Waals surface area contributed by atoms with Crippen molar-refractivity contribution in [2.75, 3.05) is 19.7 Å². The molecule has 0 radical (unpaired) electrons. The Kier molecular flexibility index (Phi) is 19.9. The Balaban J connectivity index is 0.000000174. The van der Waals surface area contributed by atoms with E-state index in [4.69, 9.17) is 68.4 Å². The van der Waals surface area contributed by atoms with Crippen LogP contribution in [0.25, 0.3) is 48.5 Å². The molecule has 4 aromatic carbocycles. The maximum Gasteiger partial charge on any atom is 0.354 e. The van der Waals surface area contributed by atoms with Crippen molar-refractivity contribution >= 4 is 89.6 Å². The lowest BCUT2D eigenvalue weighted by Gasteiger charge is -2.04. The largest absolute Gasteiger partial charge is 0.461 e. The molecule has 4 heterocycles. The highest BCUT2D eigenvalue weighted by atomic mass is 32.1. The van der Waals surface area contributed by atoms with E-state index >= 15 is 0 Å². The fraction of sp³-hybridized carbons (Fsp3) is 0.212. The number of carbonyl (C=O) groups excluding carboxylic acids is 1. The number of nitrogens with one attached hydrogen (secondary N) is 6. The van der Waals surface area contributed by atoms with Crippen LogP contribution in [0, 0.1) is 17.9 Å². The van der Waals surface area contributed by atoms with Gasteiger partial charge in [0.1, 0.15) is 11.2 Å². The van der Waals surface area contributed by atoms with Gasteiger partial charge in [-0.1, -0.05) is 49.2 Å². The van der Waals surface area contributed by atoms with E-state index in [0.29, 0.717) is 43.3 Å². The van der Waals surface area contributed by atoms with Crippen molar-refractivity contribution in [1.82, 2.24) is 30.6 Å². The Hall–Kier alpha value is -7.45. The number of hydrogen-bond acceptors (Lipinski definition) is 12. The van der Waals surface area contributed by atoms with Gasteiger partial charge in [0.05, 0.1) is 31.5 Å². The number of carbonyl (C=O) groups is 1. The highest BCUT2D eigenvalue weighted by molar-refractivity contribution is 7.81. The first kappa shape index (κ1) is 52.5. The molecule has 4 aromatic heterocycles. The Morgan fingerprint density at radius 1 is 0.710 bits per heavy atom. The standard InChI is InChI=1S/C15H16N4S.C15H19N3OS.C12H10N2O2.C10H12N2O/c1-10(16)5-13(20)9-18-8-11-3-4-14-12(6-11)7-15(17-2)19-14;1-10(16)4-14(20)8-17-7-11-2-3-15-12(5-11)6-13(9-19)18-15;1-2-16-12(15)11-6-9-5-8(7-13)3-4-10(9)14-11;11-5-7-1-2-10-8(3-7)4-9(6-13)12-10/h3-7,18-19H,8-9,16H2,1H3;2-6,17-19H,7-9,16H2,1H3;3-6,14H,2H2,1H3;1-4,12-13H,5-6,11H2. The van der Waals surface area contributed by atoms with Crippen molar-refractivity contribution in [3.63, 3.8) is 0 Å². The summed E-state index contributed by atoms with van der Waals surface area (Å²) in [7, 11) is 0. The monoisotopic (exact) mass is 963 g/mol. The van der Waals surface area contributed by atoms with E-state index in [1.54, 1.807) is 43.3 Å². The second kappa shape index (κ2) is 26.2. The molecular weight excluding hydrogens is 907 g/mol. The van der Waals surface area contributed by atoms with Gasteiger partial charge in [0.2, 0.25) is 5.82 Å². The lowest BCUT2D eigenvalue weighted by molar-refractivity contribution is 0.0520. The fourth-order valence-corrected chi connectivity index (χ4v) is 7.60. The zero-order valence-corrected chi connectivity index (χ0v) is 40.3. The number of allylic oxidation sites excluding steroid dienone is 2. The lowest BCUT2D eigenvalue weighted by Crippen LogP contribution is -2.20. The summed E-state index contributed by atoms with van der Waals surface area (Å²) < 4.78 is 4.88. The normalized spacial score (nSPS) is 11.2. The third-order valence-corrected chi connectivity index (χ3v) is 10.7. The van der Waals surface area contributed by atoms with Crippen LogP contribution >= 0.6 is 24.4 Å². The summed E-state index contributed by atoms with van der Waals surface area (Å²) in [5.74, 6) is 0.187. The van der Waals surface area contributed by atoms with E-state index in [1.807, 2.05) is 68.4 Å². The van der Waals surface area contributed by atoms with Crippen LogP contribution in [0.15, 0.2) is 121 Å². The Morgan fingerprint density at radius 2 is 1.17 bits per heavy atom. The summed E-state index contributed by atoms with van der Waals surface area (Å²) in [6.45, 7) is 16.1. The molecule has 0 atom stereocenters. The van der Waals surface area contributed by atoms with Crippen molar-refractivity contribution in [2.45, 2.75) is 53.6 Å². The van der Waals surface area contributed by atoms with Gasteiger partial charge in [0.15, 0.2) is 0 Å². The molecule has 0 unspecified atom stereocenters. The molecule has 0 amide bonds. The van der Waals surface area contributed by atoms with E-state index in [9.17, 15) is 4.79 Å². The molecule has 0 saturated heterocycles. The molecule has 0 spiro atoms. The summed E-state index contributed by atoms with van der Waals surface area (Å²) in [4.78, 5) is 28.7. The van der Waals surface area contributed by atoms with Crippen molar-refractivity contribution < 1.29 is 19.7 Å². The zero-order chi connectivity index (χ0) is 49.9. The number of nitrogens with zero attached hydrogens (tertiary/aromatic N) is 2. The maximum absolute atomic E-state index is 11.5. The third-order valence-electron chi connectivity index (χ3n) is 10.1. The van der Waals surface area contributed by atoms with Crippen LogP contribution in [-0.2, 0) is 37.6 Å². The number of rotatable bonds is 15. The first-order valence-corrected chi connectivity index (χ1v) is 22.7. The van der Waals surface area contributed by atoms with E-state index in [1.165, 1.54) is 5.56 Å². The van der Waals surface area contributed by atoms with Crippen LogP contribution in [0.3, 0.4) is 0 Å². The Bertz CT molecular complexity index is 3190. The second-order valence-corrected chi connectivity index (χ2v) is 16.9. The van der Waals surface area contributed by atoms with Gasteiger partial charge in [-0.2, -0.15) is 5.26 Å². The van der Waals surface area contributed by atoms with E-state index in [-0.39, 0.29) is 19.2 Å². The first-order valence-electron chi connectivity index (χ1n) is 21.9. The van der Waals surface area contributed by atoms with Crippen molar-refractivity contribution in [1.29, 1.82) is 5.26 Å². The topological polar surface area (TPSA) is 260 Å². The van der Waals surface area contributed by atoms with Crippen LogP contribution in [0.4, 0.5) is 5.82 Å². The zero-order valence-electron chi connectivity index (χ0n) is 38.7. The van der Waals surface area contributed by atoms with Gasteiger partial charge in [0, 0.05) is 103 Å². The van der Waals surface area contributed by atoms with Crippen LogP contribution in [0.5, 0.6) is 0 Å². The summed E-state index contributed by atoms with van der Waals surface area (Å²) in [6.07, 6.45) is 3.59. The molecule has 0 aliphatic rings.